The van der Waals surface area contributed by atoms with E-state index in [1.54, 1.807) is 11.0 Å². The van der Waals surface area contributed by atoms with Crippen molar-refractivity contribution >= 4 is 23.4 Å². The van der Waals surface area contributed by atoms with Gasteiger partial charge in [0.05, 0.1) is 10.9 Å². The molecule has 0 fully saturated rings. The Balaban J connectivity index is 1.82. The summed E-state index contributed by atoms with van der Waals surface area (Å²) in [6, 6.07) is 14.9. The topological polar surface area (TPSA) is 20.3 Å². The van der Waals surface area contributed by atoms with Crippen LogP contribution >= 0.6 is 11.8 Å². The summed E-state index contributed by atoms with van der Waals surface area (Å²) in [5, 5.41) is -0.243. The minimum absolute atomic E-state index is 0.0279. The molecule has 0 radical (unpaired) electrons. The summed E-state index contributed by atoms with van der Waals surface area (Å²) in [4.78, 5) is 15.4. The third kappa shape index (κ3) is 3.02. The zero-order chi connectivity index (χ0) is 15.5. The molecule has 1 aliphatic heterocycles. The molecule has 0 saturated carbocycles. The summed E-state index contributed by atoms with van der Waals surface area (Å²) in [5.41, 5.74) is 1.40. The second-order valence-corrected chi connectivity index (χ2v) is 6.83. The first-order valence-electron chi connectivity index (χ1n) is 7.47. The van der Waals surface area contributed by atoms with Crippen LogP contribution in [0.1, 0.15) is 18.9 Å². The number of nitrogens with zero attached hydrogens (tertiary/aromatic N) is 1. The molecule has 3 rings (SSSR count). The Morgan fingerprint density at radius 1 is 1.18 bits per heavy atom. The summed E-state index contributed by atoms with van der Waals surface area (Å²) < 4.78 is 14.2. The summed E-state index contributed by atoms with van der Waals surface area (Å²) in [5.74, 6) is -0.331. The van der Waals surface area contributed by atoms with Gasteiger partial charge < -0.3 is 4.90 Å². The molecule has 1 unspecified atom stereocenters. The molecule has 1 atom stereocenters. The molecule has 0 spiro atoms. The highest BCUT2D eigenvalue weighted by Crippen LogP contribution is 2.32. The number of carbonyl (C=O) groups excluding carboxylic acids is 1. The Kier molecular flexibility index (Phi) is 4.48. The van der Waals surface area contributed by atoms with Gasteiger partial charge in [0.25, 0.3) is 0 Å². The van der Waals surface area contributed by atoms with E-state index in [4.69, 9.17) is 0 Å². The Labute approximate surface area is 134 Å². The van der Waals surface area contributed by atoms with E-state index in [9.17, 15) is 9.18 Å². The third-order valence-electron chi connectivity index (χ3n) is 3.84. The molecule has 2 aromatic rings. The molecular weight excluding hydrogens is 297 g/mol. The van der Waals surface area contributed by atoms with Crippen molar-refractivity contribution < 1.29 is 9.18 Å². The average molecular weight is 315 g/mol. The molecule has 0 aliphatic carbocycles. The van der Waals surface area contributed by atoms with Crippen LogP contribution in [0.3, 0.4) is 0 Å². The molecule has 0 bridgehead atoms. The van der Waals surface area contributed by atoms with E-state index in [-0.39, 0.29) is 17.0 Å². The highest BCUT2D eigenvalue weighted by atomic mass is 32.2. The van der Waals surface area contributed by atoms with E-state index in [1.165, 1.54) is 17.8 Å². The van der Waals surface area contributed by atoms with Crippen LogP contribution in [-0.2, 0) is 11.2 Å². The predicted octanol–water partition coefficient (Wildman–Crippen LogP) is 4.29. The van der Waals surface area contributed by atoms with Crippen molar-refractivity contribution in [1.29, 1.82) is 0 Å². The third-order valence-corrected chi connectivity index (χ3v) is 4.94. The number of aryl methyl sites for hydroxylation is 1. The average Bonchev–Trinajstić information content (AvgIpc) is 2.55. The summed E-state index contributed by atoms with van der Waals surface area (Å²) in [7, 11) is 0. The molecular formula is C18H18FNOS. The smallest absolute Gasteiger partial charge is 0.240 e. The Hall–Kier alpha value is -1.81. The van der Waals surface area contributed by atoms with Gasteiger partial charge in [-0.05, 0) is 43.5 Å². The van der Waals surface area contributed by atoms with Gasteiger partial charge in [0.15, 0.2) is 0 Å². The van der Waals surface area contributed by atoms with Gasteiger partial charge in [0, 0.05) is 11.4 Å². The minimum atomic E-state index is -0.303. The zero-order valence-corrected chi connectivity index (χ0v) is 13.3. The summed E-state index contributed by atoms with van der Waals surface area (Å²) in [6.07, 6.45) is 1.71. The number of rotatable bonds is 3. The van der Waals surface area contributed by atoms with Crippen LogP contribution in [0.5, 0.6) is 0 Å². The lowest BCUT2D eigenvalue weighted by atomic mass is 10.0. The summed E-state index contributed by atoms with van der Waals surface area (Å²) >= 11 is 1.51. The van der Waals surface area contributed by atoms with Crippen LogP contribution in [0, 0.1) is 5.82 Å². The number of halogens is 1. The second kappa shape index (κ2) is 6.53. The maximum atomic E-state index is 14.2. The van der Waals surface area contributed by atoms with Crippen LogP contribution in [0.4, 0.5) is 10.1 Å². The van der Waals surface area contributed by atoms with Crippen molar-refractivity contribution in [3.05, 3.63) is 59.9 Å². The molecule has 0 N–H and O–H groups in total. The number of hydrogen-bond acceptors (Lipinski definition) is 2. The highest BCUT2D eigenvalue weighted by molar-refractivity contribution is 8.00. The van der Waals surface area contributed by atoms with Gasteiger partial charge in [-0.2, -0.15) is 0 Å². The van der Waals surface area contributed by atoms with E-state index in [0.29, 0.717) is 12.2 Å². The molecule has 22 heavy (non-hydrogen) atoms. The second-order valence-electron chi connectivity index (χ2n) is 5.41. The van der Waals surface area contributed by atoms with Crippen LogP contribution in [0.2, 0.25) is 0 Å². The van der Waals surface area contributed by atoms with Crippen molar-refractivity contribution in [3.8, 4) is 0 Å². The number of fused-ring (bicyclic) bond motifs is 1. The lowest BCUT2D eigenvalue weighted by Crippen LogP contribution is -2.40. The molecule has 0 saturated heterocycles. The lowest BCUT2D eigenvalue weighted by molar-refractivity contribution is -0.118. The first kappa shape index (κ1) is 15.1. The van der Waals surface area contributed by atoms with Crippen molar-refractivity contribution in [1.82, 2.24) is 0 Å². The van der Waals surface area contributed by atoms with Crippen molar-refractivity contribution in [2.45, 2.75) is 29.9 Å². The number of thioether (sulfide) groups is 1. The number of anilines is 1. The molecule has 1 heterocycles. The van der Waals surface area contributed by atoms with Gasteiger partial charge in [-0.1, -0.05) is 30.3 Å². The van der Waals surface area contributed by atoms with Crippen LogP contribution in [0.25, 0.3) is 0 Å². The maximum absolute atomic E-state index is 14.2. The van der Waals surface area contributed by atoms with Gasteiger partial charge in [0.2, 0.25) is 5.91 Å². The first-order valence-corrected chi connectivity index (χ1v) is 8.35. The maximum Gasteiger partial charge on any atom is 0.240 e. The fourth-order valence-corrected chi connectivity index (χ4v) is 3.75. The zero-order valence-electron chi connectivity index (χ0n) is 12.5. The van der Waals surface area contributed by atoms with Crippen LogP contribution < -0.4 is 4.90 Å². The van der Waals surface area contributed by atoms with E-state index >= 15 is 0 Å². The van der Waals surface area contributed by atoms with E-state index in [2.05, 4.69) is 0 Å². The Bertz CT molecular complexity index is 674. The van der Waals surface area contributed by atoms with Crippen LogP contribution in [-0.4, -0.2) is 17.7 Å². The predicted molar refractivity (Wildman–Crippen MR) is 88.8 cm³/mol. The monoisotopic (exact) mass is 315 g/mol. The molecule has 1 amide bonds. The molecule has 4 heteroatoms. The fraction of sp³-hybridized carbons (Fsp3) is 0.278. The lowest BCUT2D eigenvalue weighted by Gasteiger charge is -2.31. The van der Waals surface area contributed by atoms with Crippen molar-refractivity contribution in [3.63, 3.8) is 0 Å². The quantitative estimate of drug-likeness (QED) is 0.788. The largest absolute Gasteiger partial charge is 0.308 e. The van der Waals surface area contributed by atoms with Gasteiger partial charge >= 0.3 is 0 Å². The first-order chi connectivity index (χ1) is 10.7. The Morgan fingerprint density at radius 2 is 1.95 bits per heavy atom. The molecule has 114 valence electrons. The van der Waals surface area contributed by atoms with Gasteiger partial charge in [-0.15, -0.1) is 11.8 Å². The minimum Gasteiger partial charge on any atom is -0.308 e. The van der Waals surface area contributed by atoms with E-state index < -0.39 is 0 Å². The highest BCUT2D eigenvalue weighted by Gasteiger charge is 2.29. The number of benzene rings is 2. The molecule has 0 aromatic heterocycles. The molecule has 2 nitrogen and oxygen atoms in total. The van der Waals surface area contributed by atoms with Gasteiger partial charge in [-0.3, -0.25) is 4.79 Å². The van der Waals surface area contributed by atoms with Gasteiger partial charge in [0.1, 0.15) is 5.82 Å². The van der Waals surface area contributed by atoms with Gasteiger partial charge in [-0.25, -0.2) is 4.39 Å². The molecule has 2 aromatic carbocycles. The van der Waals surface area contributed by atoms with E-state index in [0.717, 1.165) is 23.3 Å². The number of para-hydroxylation sites is 1. The van der Waals surface area contributed by atoms with Crippen LogP contribution in [0.15, 0.2) is 53.4 Å². The number of amides is 1. The summed E-state index contributed by atoms with van der Waals surface area (Å²) in [6.45, 7) is 2.47. The standard InChI is InChI=1S/C18H18FNOS/c1-13(22-15-9-3-2-4-10-15)18(21)20-12-6-8-14-7-5-11-16(19)17(14)20/h2-5,7,9-11,13H,6,8,12H2,1H3. The van der Waals surface area contributed by atoms with E-state index in [1.807, 2.05) is 43.3 Å². The van der Waals surface area contributed by atoms with Crippen molar-refractivity contribution in [2.24, 2.45) is 0 Å². The SMILES string of the molecule is CC(Sc1ccccc1)C(=O)N1CCCc2cccc(F)c21. The number of carbonyl (C=O) groups is 1. The fourth-order valence-electron chi connectivity index (χ4n) is 2.80. The number of hydrogen-bond donors (Lipinski definition) is 0. The molecule has 1 aliphatic rings. The van der Waals surface area contributed by atoms with Crippen molar-refractivity contribution in [2.75, 3.05) is 11.4 Å². The Morgan fingerprint density at radius 3 is 2.73 bits per heavy atom. The normalized spacial score (nSPS) is 15.3.